The van der Waals surface area contributed by atoms with Crippen molar-refractivity contribution in [3.63, 3.8) is 0 Å². The topological polar surface area (TPSA) is 49.8 Å². The lowest BCUT2D eigenvalue weighted by atomic mass is 10.1. The van der Waals surface area contributed by atoms with Gasteiger partial charge in [-0.3, -0.25) is 4.79 Å². The van der Waals surface area contributed by atoms with Crippen LogP contribution in [0.5, 0.6) is 5.75 Å². The molecule has 1 N–H and O–H groups in total. The summed E-state index contributed by atoms with van der Waals surface area (Å²) in [5, 5.41) is 8.84. The largest absolute Gasteiger partial charge is 0.493 e. The number of carbonyl (C=O) groups is 1. The Kier molecular flexibility index (Phi) is 4.31. The molecule has 0 fully saturated rings. The Bertz CT molecular complexity index is 465. The molecule has 1 aliphatic rings. The van der Waals surface area contributed by atoms with Gasteiger partial charge < -0.3 is 14.7 Å². The van der Waals surface area contributed by atoms with Gasteiger partial charge in [-0.2, -0.15) is 0 Å². The van der Waals surface area contributed by atoms with Crippen molar-refractivity contribution in [1.82, 2.24) is 4.90 Å². The van der Waals surface area contributed by atoms with Crippen LogP contribution >= 0.6 is 0 Å². The summed E-state index contributed by atoms with van der Waals surface area (Å²) in [4.78, 5) is 13.1. The molecule has 0 atom stereocenters. The molecule has 1 aromatic carbocycles. The van der Waals surface area contributed by atoms with Gasteiger partial charge in [-0.1, -0.05) is 0 Å². The quantitative estimate of drug-likeness (QED) is 0.878. The second-order valence-corrected chi connectivity index (χ2v) is 4.29. The first-order valence-electron chi connectivity index (χ1n) is 6.06. The highest BCUT2D eigenvalue weighted by Gasteiger charge is 2.21. The highest BCUT2D eigenvalue weighted by atomic mass is 19.3. The molecule has 1 aliphatic heterocycles. The fourth-order valence-corrected chi connectivity index (χ4v) is 2.07. The number of amides is 1. The van der Waals surface area contributed by atoms with Crippen LogP contribution in [-0.2, 0) is 6.42 Å². The molecule has 1 aromatic rings. The number of rotatable bonds is 5. The normalized spacial score (nSPS) is 13.3. The summed E-state index contributed by atoms with van der Waals surface area (Å²) >= 11 is 0. The van der Waals surface area contributed by atoms with Crippen LogP contribution in [0.4, 0.5) is 8.78 Å². The first-order chi connectivity index (χ1) is 9.11. The maximum atomic E-state index is 12.4. The van der Waals surface area contributed by atoms with E-state index in [0.717, 1.165) is 16.2 Å². The summed E-state index contributed by atoms with van der Waals surface area (Å²) < 4.78 is 30.1. The zero-order valence-corrected chi connectivity index (χ0v) is 10.3. The number of fused-ring (bicyclic) bond motifs is 1. The van der Waals surface area contributed by atoms with Crippen LogP contribution in [0.2, 0.25) is 0 Å². The Balaban J connectivity index is 2.16. The number of nitrogens with zero attached hydrogens (tertiary/aromatic N) is 1. The van der Waals surface area contributed by atoms with Crippen molar-refractivity contribution >= 4 is 5.91 Å². The second kappa shape index (κ2) is 5.97. The van der Waals surface area contributed by atoms with Crippen molar-refractivity contribution in [3.05, 3.63) is 29.3 Å². The van der Waals surface area contributed by atoms with Crippen molar-refractivity contribution in [2.24, 2.45) is 0 Å². The average molecular weight is 271 g/mol. The highest BCUT2D eigenvalue weighted by molar-refractivity contribution is 5.94. The Labute approximate surface area is 109 Å². The summed E-state index contributed by atoms with van der Waals surface area (Å²) in [5.41, 5.74) is 1.25. The summed E-state index contributed by atoms with van der Waals surface area (Å²) in [6, 6.07) is 4.90. The third-order valence-corrected chi connectivity index (χ3v) is 2.95. The molecule has 6 heteroatoms. The van der Waals surface area contributed by atoms with Crippen molar-refractivity contribution in [2.75, 3.05) is 26.3 Å². The number of halogens is 2. The number of ether oxygens (including phenoxy) is 1. The lowest BCUT2D eigenvalue weighted by molar-refractivity contribution is 0.0509. The second-order valence-electron chi connectivity index (χ2n) is 4.29. The molecule has 0 aliphatic carbocycles. The van der Waals surface area contributed by atoms with E-state index >= 15 is 0 Å². The average Bonchev–Trinajstić information content (AvgIpc) is 2.84. The van der Waals surface area contributed by atoms with Crippen molar-refractivity contribution < 1.29 is 23.4 Å². The molecule has 0 saturated heterocycles. The number of carbonyl (C=O) groups excluding carboxylic acids is 1. The number of hydrogen-bond donors (Lipinski definition) is 1. The van der Waals surface area contributed by atoms with Crippen molar-refractivity contribution in [1.29, 1.82) is 0 Å². The fourth-order valence-electron chi connectivity index (χ4n) is 2.07. The molecular weight excluding hydrogens is 256 g/mol. The van der Waals surface area contributed by atoms with E-state index in [-0.39, 0.29) is 13.2 Å². The van der Waals surface area contributed by atoms with E-state index in [1.807, 2.05) is 0 Å². The molecule has 1 amide bonds. The standard InChI is InChI=1S/C13H15F2NO3/c14-12(15)8-16(4-5-17)13(18)10-1-2-11-9(7-10)3-6-19-11/h1-2,7,12,17H,3-6,8H2. The fraction of sp³-hybridized carbons (Fsp3) is 0.462. The lowest BCUT2D eigenvalue weighted by Gasteiger charge is -2.21. The molecule has 1 heterocycles. The van der Waals surface area contributed by atoms with Crippen LogP contribution in [0.25, 0.3) is 0 Å². The Morgan fingerprint density at radius 1 is 1.47 bits per heavy atom. The van der Waals surface area contributed by atoms with Crippen LogP contribution in [0.1, 0.15) is 15.9 Å². The molecule has 0 bridgehead atoms. The Morgan fingerprint density at radius 3 is 2.95 bits per heavy atom. The third-order valence-electron chi connectivity index (χ3n) is 2.95. The Hall–Kier alpha value is -1.69. The van der Waals surface area contributed by atoms with Crippen LogP contribution in [0.15, 0.2) is 18.2 Å². The SMILES string of the molecule is O=C(c1ccc2c(c1)CCO2)N(CCO)CC(F)F. The van der Waals surface area contributed by atoms with Gasteiger partial charge in [0.05, 0.1) is 19.8 Å². The van der Waals surface area contributed by atoms with E-state index in [1.54, 1.807) is 18.2 Å². The smallest absolute Gasteiger partial charge is 0.255 e. The summed E-state index contributed by atoms with van der Waals surface area (Å²) in [7, 11) is 0. The van der Waals surface area contributed by atoms with Crippen LogP contribution in [-0.4, -0.2) is 48.6 Å². The van der Waals surface area contributed by atoms with Gasteiger partial charge in [-0.25, -0.2) is 8.78 Å². The van der Waals surface area contributed by atoms with E-state index in [1.165, 1.54) is 0 Å². The monoisotopic (exact) mass is 271 g/mol. The van der Waals surface area contributed by atoms with Crippen molar-refractivity contribution in [2.45, 2.75) is 12.8 Å². The minimum absolute atomic E-state index is 0.100. The third kappa shape index (κ3) is 3.20. The molecule has 0 saturated carbocycles. The molecular formula is C13H15F2NO3. The maximum absolute atomic E-state index is 12.4. The van der Waals surface area contributed by atoms with E-state index < -0.39 is 18.9 Å². The summed E-state index contributed by atoms with van der Waals surface area (Å²) in [5.74, 6) is 0.239. The van der Waals surface area contributed by atoms with Crippen molar-refractivity contribution in [3.8, 4) is 5.75 Å². The Morgan fingerprint density at radius 2 is 2.26 bits per heavy atom. The number of benzene rings is 1. The molecule has 0 radical (unpaired) electrons. The maximum Gasteiger partial charge on any atom is 0.255 e. The van der Waals surface area contributed by atoms with Gasteiger partial charge >= 0.3 is 0 Å². The minimum Gasteiger partial charge on any atom is -0.493 e. The van der Waals surface area contributed by atoms with Gasteiger partial charge in [0.1, 0.15) is 5.75 Å². The van der Waals surface area contributed by atoms with Gasteiger partial charge in [-0.15, -0.1) is 0 Å². The van der Waals surface area contributed by atoms with Gasteiger partial charge in [0.2, 0.25) is 0 Å². The van der Waals surface area contributed by atoms with E-state index in [4.69, 9.17) is 9.84 Å². The zero-order valence-electron chi connectivity index (χ0n) is 10.3. The van der Waals surface area contributed by atoms with E-state index in [2.05, 4.69) is 0 Å². The molecule has 0 aromatic heterocycles. The van der Waals surface area contributed by atoms with Crippen LogP contribution in [0.3, 0.4) is 0 Å². The number of hydrogen-bond acceptors (Lipinski definition) is 3. The number of aliphatic hydroxyl groups excluding tert-OH is 1. The number of alkyl halides is 2. The molecule has 0 unspecified atom stereocenters. The summed E-state index contributed by atoms with van der Waals surface area (Å²) in [6.07, 6.45) is -1.90. The van der Waals surface area contributed by atoms with Crippen LogP contribution < -0.4 is 4.74 Å². The molecule has 4 nitrogen and oxygen atoms in total. The van der Waals surface area contributed by atoms with E-state index in [9.17, 15) is 13.6 Å². The predicted molar refractivity (Wildman–Crippen MR) is 64.6 cm³/mol. The number of aliphatic hydroxyl groups is 1. The van der Waals surface area contributed by atoms with Crippen LogP contribution in [0, 0.1) is 0 Å². The van der Waals surface area contributed by atoms with Gasteiger partial charge in [-0.05, 0) is 23.8 Å². The van der Waals surface area contributed by atoms with Gasteiger partial charge in [0, 0.05) is 18.5 Å². The zero-order chi connectivity index (χ0) is 13.8. The summed E-state index contributed by atoms with van der Waals surface area (Å²) in [6.45, 7) is -0.541. The molecule has 19 heavy (non-hydrogen) atoms. The van der Waals surface area contributed by atoms with E-state index in [0.29, 0.717) is 18.6 Å². The molecule has 0 spiro atoms. The lowest BCUT2D eigenvalue weighted by Crippen LogP contribution is -2.37. The van der Waals surface area contributed by atoms with Gasteiger partial charge in [0.15, 0.2) is 0 Å². The molecule has 2 rings (SSSR count). The first-order valence-corrected chi connectivity index (χ1v) is 6.06. The first kappa shape index (κ1) is 13.7. The predicted octanol–water partition coefficient (Wildman–Crippen LogP) is 1.32. The van der Waals surface area contributed by atoms with Gasteiger partial charge in [0.25, 0.3) is 12.3 Å². The highest BCUT2D eigenvalue weighted by Crippen LogP contribution is 2.26. The molecule has 104 valence electrons. The minimum atomic E-state index is -2.62.